The Morgan fingerprint density at radius 3 is 2.45 bits per heavy atom. The van der Waals surface area contributed by atoms with Crippen LogP contribution in [0.4, 0.5) is 5.82 Å². The van der Waals surface area contributed by atoms with E-state index in [4.69, 9.17) is 0 Å². The molecule has 0 radical (unpaired) electrons. The van der Waals surface area contributed by atoms with Gasteiger partial charge < -0.3 is 10.4 Å². The van der Waals surface area contributed by atoms with Crippen molar-refractivity contribution in [3.05, 3.63) is 90.9 Å². The molecule has 29 heavy (non-hydrogen) atoms. The number of aliphatic hydroxyl groups excluding tert-OH is 1. The lowest BCUT2D eigenvalue weighted by atomic mass is 10.1. The molecule has 1 aromatic carbocycles. The fraction of sp³-hybridized carbons (Fsp3) is 0.130. The summed E-state index contributed by atoms with van der Waals surface area (Å²) in [6.45, 7) is -0.0138. The lowest BCUT2D eigenvalue weighted by Gasteiger charge is -2.18. The summed E-state index contributed by atoms with van der Waals surface area (Å²) in [7, 11) is 0. The summed E-state index contributed by atoms with van der Waals surface area (Å²) in [5, 5.41) is 13.2. The van der Waals surface area contributed by atoms with Crippen LogP contribution in [0, 0.1) is 0 Å². The Morgan fingerprint density at radius 2 is 1.72 bits per heavy atom. The molecule has 0 aliphatic rings. The zero-order valence-electron chi connectivity index (χ0n) is 15.8. The van der Waals surface area contributed by atoms with Crippen LogP contribution in [0.3, 0.4) is 0 Å². The van der Waals surface area contributed by atoms with E-state index in [9.17, 15) is 5.11 Å². The summed E-state index contributed by atoms with van der Waals surface area (Å²) in [5.41, 5.74) is 3.46. The van der Waals surface area contributed by atoms with Crippen LogP contribution >= 0.6 is 0 Å². The molecule has 0 saturated carbocycles. The molecule has 4 aromatic rings. The SMILES string of the molecule is OC[C@H](Cc1ccccc1)Nc1cc(-c2cccnc2)nc(-c2ccccn2)n1. The molecule has 6 heteroatoms. The second kappa shape index (κ2) is 9.03. The normalized spacial score (nSPS) is 11.8. The Labute approximate surface area is 169 Å². The second-order valence-corrected chi connectivity index (χ2v) is 6.63. The third-order valence-electron chi connectivity index (χ3n) is 4.47. The highest BCUT2D eigenvalue weighted by atomic mass is 16.3. The van der Waals surface area contributed by atoms with Gasteiger partial charge in [0, 0.05) is 30.2 Å². The monoisotopic (exact) mass is 383 g/mol. The van der Waals surface area contributed by atoms with E-state index < -0.39 is 0 Å². The zero-order chi connectivity index (χ0) is 19.9. The average molecular weight is 383 g/mol. The molecule has 2 N–H and O–H groups in total. The van der Waals surface area contributed by atoms with E-state index >= 15 is 0 Å². The number of aliphatic hydroxyl groups is 1. The fourth-order valence-corrected chi connectivity index (χ4v) is 3.06. The molecule has 0 aliphatic carbocycles. The van der Waals surface area contributed by atoms with Gasteiger partial charge >= 0.3 is 0 Å². The van der Waals surface area contributed by atoms with Gasteiger partial charge in [-0.1, -0.05) is 36.4 Å². The summed E-state index contributed by atoms with van der Waals surface area (Å²) < 4.78 is 0. The maximum absolute atomic E-state index is 9.89. The number of benzene rings is 1. The molecule has 6 nitrogen and oxygen atoms in total. The van der Waals surface area contributed by atoms with E-state index in [1.165, 1.54) is 0 Å². The van der Waals surface area contributed by atoms with Gasteiger partial charge in [-0.05, 0) is 36.2 Å². The van der Waals surface area contributed by atoms with Gasteiger partial charge in [-0.3, -0.25) is 9.97 Å². The van der Waals surface area contributed by atoms with Crippen LogP contribution < -0.4 is 5.32 Å². The first-order valence-electron chi connectivity index (χ1n) is 9.44. The zero-order valence-corrected chi connectivity index (χ0v) is 15.8. The first kappa shape index (κ1) is 18.7. The molecule has 144 valence electrons. The maximum atomic E-state index is 9.89. The molecule has 1 atom stereocenters. The van der Waals surface area contributed by atoms with Gasteiger partial charge in [0.25, 0.3) is 0 Å². The van der Waals surface area contributed by atoms with Gasteiger partial charge in [0.05, 0.1) is 18.3 Å². The van der Waals surface area contributed by atoms with Crippen LogP contribution in [0.2, 0.25) is 0 Å². The van der Waals surface area contributed by atoms with Crippen molar-refractivity contribution in [3.63, 3.8) is 0 Å². The minimum absolute atomic E-state index is 0.0138. The molecule has 0 unspecified atom stereocenters. The lowest BCUT2D eigenvalue weighted by molar-refractivity contribution is 0.273. The van der Waals surface area contributed by atoms with Crippen LogP contribution in [0.25, 0.3) is 22.8 Å². The number of pyridine rings is 2. The van der Waals surface area contributed by atoms with Crippen LogP contribution in [-0.4, -0.2) is 37.7 Å². The van der Waals surface area contributed by atoms with Crippen molar-refractivity contribution in [1.82, 2.24) is 19.9 Å². The summed E-state index contributed by atoms with van der Waals surface area (Å²) >= 11 is 0. The third-order valence-corrected chi connectivity index (χ3v) is 4.47. The van der Waals surface area contributed by atoms with Crippen molar-refractivity contribution < 1.29 is 5.11 Å². The summed E-state index contributed by atoms with van der Waals surface area (Å²) in [6, 6.07) is 21.2. The molecule has 0 fully saturated rings. The quantitative estimate of drug-likeness (QED) is 0.507. The smallest absolute Gasteiger partial charge is 0.180 e. The van der Waals surface area contributed by atoms with E-state index in [1.807, 2.05) is 66.7 Å². The molecule has 3 heterocycles. The van der Waals surface area contributed by atoms with E-state index in [0.29, 0.717) is 23.8 Å². The molecule has 3 aromatic heterocycles. The van der Waals surface area contributed by atoms with E-state index in [1.54, 1.807) is 18.6 Å². The number of hydrogen-bond donors (Lipinski definition) is 2. The molecule has 0 spiro atoms. The average Bonchev–Trinajstić information content (AvgIpc) is 2.80. The predicted molar refractivity (Wildman–Crippen MR) is 113 cm³/mol. The van der Waals surface area contributed by atoms with Crippen LogP contribution in [0.15, 0.2) is 85.3 Å². The molecule has 0 saturated heterocycles. The van der Waals surface area contributed by atoms with Crippen molar-refractivity contribution in [2.24, 2.45) is 0 Å². The third kappa shape index (κ3) is 4.80. The van der Waals surface area contributed by atoms with Crippen molar-refractivity contribution in [2.45, 2.75) is 12.5 Å². The van der Waals surface area contributed by atoms with Crippen LogP contribution in [0.1, 0.15) is 5.56 Å². The maximum Gasteiger partial charge on any atom is 0.180 e. The summed E-state index contributed by atoms with van der Waals surface area (Å²) in [6.07, 6.45) is 5.89. The molecule has 0 bridgehead atoms. The highest BCUT2D eigenvalue weighted by Crippen LogP contribution is 2.23. The molecular weight excluding hydrogens is 362 g/mol. The van der Waals surface area contributed by atoms with Gasteiger partial charge in [-0.15, -0.1) is 0 Å². The minimum Gasteiger partial charge on any atom is -0.394 e. The number of anilines is 1. The van der Waals surface area contributed by atoms with Crippen molar-refractivity contribution >= 4 is 5.82 Å². The predicted octanol–water partition coefficient (Wildman–Crippen LogP) is 3.62. The standard InChI is InChI=1S/C23H21N5O/c29-16-19(13-17-7-2-1-3-8-17)26-22-14-21(18-9-6-11-24-15-18)27-23(28-22)20-10-4-5-12-25-20/h1-12,14-15,19,29H,13,16H2,(H,26,27,28)/t19-/m0/s1. The Bertz CT molecular complexity index is 985. The van der Waals surface area contributed by atoms with Crippen molar-refractivity contribution in [3.8, 4) is 22.8 Å². The number of hydrogen-bond acceptors (Lipinski definition) is 6. The topological polar surface area (TPSA) is 83.8 Å². The van der Waals surface area contributed by atoms with Gasteiger partial charge in [-0.2, -0.15) is 0 Å². The number of rotatable bonds is 7. The molecule has 0 amide bonds. The van der Waals surface area contributed by atoms with E-state index in [2.05, 4.69) is 25.3 Å². The summed E-state index contributed by atoms with van der Waals surface area (Å²) in [4.78, 5) is 17.9. The first-order valence-corrected chi connectivity index (χ1v) is 9.44. The molecule has 0 aliphatic heterocycles. The number of nitrogens with zero attached hydrogens (tertiary/aromatic N) is 4. The molecular formula is C23H21N5O. The van der Waals surface area contributed by atoms with Gasteiger partial charge in [0.2, 0.25) is 0 Å². The van der Waals surface area contributed by atoms with Gasteiger partial charge in [-0.25, -0.2) is 9.97 Å². The Morgan fingerprint density at radius 1 is 0.862 bits per heavy atom. The van der Waals surface area contributed by atoms with Gasteiger partial charge in [0.1, 0.15) is 11.5 Å². The minimum atomic E-state index is -0.175. The number of aromatic nitrogens is 4. The first-order chi connectivity index (χ1) is 14.3. The van der Waals surface area contributed by atoms with Crippen molar-refractivity contribution in [2.75, 3.05) is 11.9 Å². The Balaban J connectivity index is 1.68. The Kier molecular flexibility index (Phi) is 5.83. The fourth-order valence-electron chi connectivity index (χ4n) is 3.06. The van der Waals surface area contributed by atoms with Crippen LogP contribution in [-0.2, 0) is 6.42 Å². The summed E-state index contributed by atoms with van der Waals surface area (Å²) in [5.74, 6) is 1.15. The van der Waals surface area contributed by atoms with Crippen LogP contribution in [0.5, 0.6) is 0 Å². The second-order valence-electron chi connectivity index (χ2n) is 6.63. The van der Waals surface area contributed by atoms with E-state index in [0.717, 1.165) is 16.8 Å². The lowest BCUT2D eigenvalue weighted by Crippen LogP contribution is -2.27. The molecule has 4 rings (SSSR count). The van der Waals surface area contributed by atoms with Gasteiger partial charge in [0.15, 0.2) is 5.82 Å². The van der Waals surface area contributed by atoms with Crippen molar-refractivity contribution in [1.29, 1.82) is 0 Å². The van der Waals surface area contributed by atoms with E-state index in [-0.39, 0.29) is 12.6 Å². The highest BCUT2D eigenvalue weighted by molar-refractivity contribution is 5.65. The largest absolute Gasteiger partial charge is 0.394 e. The Hall–Kier alpha value is -3.64. The number of nitrogens with one attached hydrogen (secondary N) is 1. The highest BCUT2D eigenvalue weighted by Gasteiger charge is 2.14.